The molecule has 0 aliphatic rings. The highest BCUT2D eigenvalue weighted by molar-refractivity contribution is 7.99. The van der Waals surface area contributed by atoms with E-state index < -0.39 is 5.60 Å². The number of aromatic nitrogens is 1. The van der Waals surface area contributed by atoms with E-state index in [1.54, 1.807) is 18.5 Å². The van der Waals surface area contributed by atoms with Crippen LogP contribution in [0.2, 0.25) is 10.0 Å². The predicted octanol–water partition coefficient (Wildman–Crippen LogP) is 5.41. The summed E-state index contributed by atoms with van der Waals surface area (Å²) < 4.78 is 0. The van der Waals surface area contributed by atoms with Gasteiger partial charge >= 0.3 is 0 Å². The van der Waals surface area contributed by atoms with E-state index in [2.05, 4.69) is 4.98 Å². The molecule has 2 aromatic rings. The van der Waals surface area contributed by atoms with Crippen LogP contribution < -0.4 is 0 Å². The van der Waals surface area contributed by atoms with Crippen molar-refractivity contribution < 1.29 is 5.11 Å². The molecule has 0 aliphatic carbocycles. The maximum absolute atomic E-state index is 11.3. The molecule has 0 aliphatic heterocycles. The fourth-order valence-electron chi connectivity index (χ4n) is 2.14. The van der Waals surface area contributed by atoms with Crippen LogP contribution in [0.5, 0.6) is 0 Å². The minimum atomic E-state index is -1.01. The normalized spacial score (nSPS) is 14.6. The number of halogens is 2. The molecule has 0 saturated heterocycles. The lowest BCUT2D eigenvalue weighted by atomic mass is 9.74. The highest BCUT2D eigenvalue weighted by Crippen LogP contribution is 2.43. The molecule has 1 atom stereocenters. The maximum Gasteiger partial charge on any atom is 0.105 e. The first kappa shape index (κ1) is 17.6. The van der Waals surface area contributed by atoms with E-state index in [-0.39, 0.29) is 5.41 Å². The van der Waals surface area contributed by atoms with Gasteiger partial charge in [-0.25, -0.2) is 0 Å². The fraction of sp³-hybridized carbons (Fsp3) is 0.353. The zero-order valence-corrected chi connectivity index (χ0v) is 15.1. The van der Waals surface area contributed by atoms with E-state index in [1.165, 1.54) is 11.8 Å². The van der Waals surface area contributed by atoms with Crippen LogP contribution in [-0.4, -0.2) is 15.8 Å². The van der Waals surface area contributed by atoms with Crippen LogP contribution >= 0.6 is 35.0 Å². The molecule has 0 spiro atoms. The SMILES string of the molecule is CC(C)(C)C(O)(CSc1cc(Cl)cc(Cl)c1)c1cccnc1. The van der Waals surface area contributed by atoms with Gasteiger partial charge in [0.25, 0.3) is 0 Å². The summed E-state index contributed by atoms with van der Waals surface area (Å²) in [5, 5.41) is 12.5. The molecule has 1 aromatic carbocycles. The molecule has 1 N–H and O–H groups in total. The third-order valence-corrected chi connectivity index (χ3v) is 5.23. The molecule has 0 amide bonds. The number of nitrogens with zero attached hydrogens (tertiary/aromatic N) is 1. The van der Waals surface area contributed by atoms with Gasteiger partial charge in [-0.05, 0) is 29.7 Å². The van der Waals surface area contributed by atoms with Gasteiger partial charge in [-0.15, -0.1) is 11.8 Å². The topological polar surface area (TPSA) is 33.1 Å². The number of hydrogen-bond acceptors (Lipinski definition) is 3. The Morgan fingerprint density at radius 1 is 1.14 bits per heavy atom. The number of hydrogen-bond donors (Lipinski definition) is 1. The van der Waals surface area contributed by atoms with E-state index in [0.29, 0.717) is 15.8 Å². The first-order chi connectivity index (χ1) is 10.2. The standard InChI is InChI=1S/C17H19Cl2NOS/c1-16(2,3)17(21,12-5-4-6-20-10-12)11-22-15-8-13(18)7-14(19)9-15/h4-10,21H,11H2,1-3H3. The van der Waals surface area contributed by atoms with E-state index in [4.69, 9.17) is 23.2 Å². The molecule has 22 heavy (non-hydrogen) atoms. The third-order valence-electron chi connectivity index (χ3n) is 3.66. The van der Waals surface area contributed by atoms with Gasteiger partial charge in [0, 0.05) is 38.7 Å². The minimum Gasteiger partial charge on any atom is -0.384 e. The molecule has 2 rings (SSSR count). The molecular formula is C17H19Cl2NOS. The van der Waals surface area contributed by atoms with Crippen LogP contribution in [0.4, 0.5) is 0 Å². The average molecular weight is 356 g/mol. The Balaban J connectivity index is 2.29. The number of rotatable bonds is 4. The van der Waals surface area contributed by atoms with Gasteiger partial charge in [0.05, 0.1) is 0 Å². The van der Waals surface area contributed by atoms with Gasteiger partial charge in [-0.2, -0.15) is 0 Å². The highest BCUT2D eigenvalue weighted by Gasteiger charge is 2.41. The van der Waals surface area contributed by atoms with Gasteiger partial charge in [-0.1, -0.05) is 50.0 Å². The molecule has 0 fully saturated rings. The van der Waals surface area contributed by atoms with Crippen molar-refractivity contribution in [2.24, 2.45) is 5.41 Å². The average Bonchev–Trinajstić information content (AvgIpc) is 2.43. The van der Waals surface area contributed by atoms with Crippen molar-refractivity contribution in [2.75, 3.05) is 5.75 Å². The monoisotopic (exact) mass is 355 g/mol. The Labute approximate surface area is 145 Å². The number of thioether (sulfide) groups is 1. The number of benzene rings is 1. The Hall–Kier alpha value is -0.740. The first-order valence-electron chi connectivity index (χ1n) is 6.94. The van der Waals surface area contributed by atoms with Crippen molar-refractivity contribution >= 4 is 35.0 Å². The Morgan fingerprint density at radius 3 is 2.27 bits per heavy atom. The minimum absolute atomic E-state index is 0.342. The Kier molecular flexibility index (Phi) is 5.44. The van der Waals surface area contributed by atoms with E-state index in [9.17, 15) is 5.11 Å². The van der Waals surface area contributed by atoms with Gasteiger partial charge in [0.1, 0.15) is 5.60 Å². The van der Waals surface area contributed by atoms with Crippen molar-refractivity contribution in [3.05, 3.63) is 58.3 Å². The summed E-state index contributed by atoms with van der Waals surface area (Å²) in [5.41, 5.74) is -0.547. The van der Waals surface area contributed by atoms with Gasteiger partial charge < -0.3 is 5.11 Å². The van der Waals surface area contributed by atoms with E-state index in [1.807, 2.05) is 45.0 Å². The van der Waals surface area contributed by atoms with Gasteiger partial charge in [0.15, 0.2) is 0 Å². The van der Waals surface area contributed by atoms with Crippen LogP contribution in [0.1, 0.15) is 26.3 Å². The Bertz CT molecular complexity index is 623. The second-order valence-electron chi connectivity index (χ2n) is 6.25. The number of pyridine rings is 1. The highest BCUT2D eigenvalue weighted by atomic mass is 35.5. The van der Waals surface area contributed by atoms with Gasteiger partial charge in [-0.3, -0.25) is 4.98 Å². The first-order valence-corrected chi connectivity index (χ1v) is 8.68. The Morgan fingerprint density at radius 2 is 1.77 bits per heavy atom. The van der Waals surface area contributed by atoms with Crippen LogP contribution in [0.15, 0.2) is 47.6 Å². The second-order valence-corrected chi connectivity index (χ2v) is 8.17. The summed E-state index contributed by atoms with van der Waals surface area (Å²) >= 11 is 13.6. The molecule has 0 bridgehead atoms. The summed E-state index contributed by atoms with van der Waals surface area (Å²) in [5.74, 6) is 0.485. The van der Waals surface area contributed by atoms with Gasteiger partial charge in [0.2, 0.25) is 0 Å². The summed E-state index contributed by atoms with van der Waals surface area (Å²) in [7, 11) is 0. The zero-order valence-electron chi connectivity index (χ0n) is 12.8. The van der Waals surface area contributed by atoms with Crippen molar-refractivity contribution in [3.63, 3.8) is 0 Å². The van der Waals surface area contributed by atoms with E-state index in [0.717, 1.165) is 10.5 Å². The molecular weight excluding hydrogens is 337 g/mol. The van der Waals surface area contributed by atoms with Crippen LogP contribution in [0.3, 0.4) is 0 Å². The zero-order chi connectivity index (χ0) is 16.4. The lowest BCUT2D eigenvalue weighted by Gasteiger charge is -2.40. The van der Waals surface area contributed by atoms with Crippen LogP contribution in [0.25, 0.3) is 0 Å². The molecule has 2 nitrogen and oxygen atoms in total. The van der Waals surface area contributed by atoms with Crippen molar-refractivity contribution in [2.45, 2.75) is 31.3 Å². The van der Waals surface area contributed by atoms with E-state index >= 15 is 0 Å². The summed E-state index contributed by atoms with van der Waals surface area (Å²) in [6.45, 7) is 6.06. The summed E-state index contributed by atoms with van der Waals surface area (Å²) in [6.07, 6.45) is 3.42. The molecule has 0 radical (unpaired) electrons. The summed E-state index contributed by atoms with van der Waals surface area (Å²) in [6, 6.07) is 9.15. The predicted molar refractivity (Wildman–Crippen MR) is 94.8 cm³/mol. The van der Waals surface area contributed by atoms with Crippen molar-refractivity contribution in [1.29, 1.82) is 0 Å². The molecule has 1 heterocycles. The lowest BCUT2D eigenvalue weighted by molar-refractivity contribution is -0.0425. The third kappa shape index (κ3) is 3.96. The van der Waals surface area contributed by atoms with Crippen molar-refractivity contribution in [1.82, 2.24) is 4.98 Å². The molecule has 0 saturated carbocycles. The fourth-order valence-corrected chi connectivity index (χ4v) is 4.19. The summed E-state index contributed by atoms with van der Waals surface area (Å²) in [4.78, 5) is 5.07. The largest absolute Gasteiger partial charge is 0.384 e. The second kappa shape index (κ2) is 6.79. The number of aliphatic hydroxyl groups is 1. The smallest absolute Gasteiger partial charge is 0.105 e. The molecule has 118 valence electrons. The molecule has 1 unspecified atom stereocenters. The molecule has 5 heteroatoms. The maximum atomic E-state index is 11.3. The quantitative estimate of drug-likeness (QED) is 0.743. The van der Waals surface area contributed by atoms with Crippen LogP contribution in [0, 0.1) is 5.41 Å². The molecule has 1 aromatic heterocycles. The lowest BCUT2D eigenvalue weighted by Crippen LogP contribution is -2.42. The van der Waals surface area contributed by atoms with Crippen LogP contribution in [-0.2, 0) is 5.60 Å². The van der Waals surface area contributed by atoms with Crippen molar-refractivity contribution in [3.8, 4) is 0 Å².